The van der Waals surface area contributed by atoms with Gasteiger partial charge in [-0.25, -0.2) is 0 Å². The number of rotatable bonds is 4. The van der Waals surface area contributed by atoms with Gasteiger partial charge in [-0.1, -0.05) is 0 Å². The van der Waals surface area contributed by atoms with Gasteiger partial charge in [-0.2, -0.15) is 0 Å². The Kier molecular flexibility index (Phi) is 5.58. The van der Waals surface area contributed by atoms with Gasteiger partial charge < -0.3 is 15.1 Å². The van der Waals surface area contributed by atoms with E-state index in [1.54, 1.807) is 19.0 Å². The van der Waals surface area contributed by atoms with Crippen LogP contribution in [0.1, 0.15) is 25.7 Å². The van der Waals surface area contributed by atoms with E-state index in [0.29, 0.717) is 25.0 Å². The molecular weight excluding hydrogens is 268 g/mol. The summed E-state index contributed by atoms with van der Waals surface area (Å²) in [5.74, 6) is 0.430. The van der Waals surface area contributed by atoms with Crippen molar-refractivity contribution < 1.29 is 9.59 Å². The first-order valence-electron chi connectivity index (χ1n) is 7.88. The summed E-state index contributed by atoms with van der Waals surface area (Å²) in [6, 6.07) is 0.940. The van der Waals surface area contributed by atoms with Crippen LogP contribution in [0.5, 0.6) is 0 Å². The molecule has 0 spiro atoms. The van der Waals surface area contributed by atoms with Crippen LogP contribution in [0.4, 0.5) is 0 Å². The van der Waals surface area contributed by atoms with Crippen molar-refractivity contribution in [3.05, 3.63) is 0 Å². The summed E-state index contributed by atoms with van der Waals surface area (Å²) in [6.07, 6.45) is 3.76. The number of piperidine rings is 2. The molecule has 6 heteroatoms. The Morgan fingerprint density at radius 3 is 2.48 bits per heavy atom. The molecule has 0 aromatic heterocycles. The molecule has 0 aromatic rings. The second-order valence-electron chi connectivity index (χ2n) is 6.52. The molecule has 6 nitrogen and oxygen atoms in total. The van der Waals surface area contributed by atoms with E-state index in [-0.39, 0.29) is 11.8 Å². The summed E-state index contributed by atoms with van der Waals surface area (Å²) < 4.78 is 0. The van der Waals surface area contributed by atoms with E-state index in [1.807, 2.05) is 11.9 Å². The lowest BCUT2D eigenvalue weighted by Crippen LogP contribution is -2.53. The van der Waals surface area contributed by atoms with Gasteiger partial charge in [0.25, 0.3) is 0 Å². The number of carbonyl (C=O) groups is 2. The summed E-state index contributed by atoms with van der Waals surface area (Å²) >= 11 is 0. The van der Waals surface area contributed by atoms with Crippen LogP contribution < -0.4 is 5.32 Å². The zero-order valence-electron chi connectivity index (χ0n) is 13.5. The van der Waals surface area contributed by atoms with E-state index in [0.717, 1.165) is 38.9 Å². The minimum absolute atomic E-state index is 0.175. The molecule has 2 saturated heterocycles. The minimum Gasteiger partial charge on any atom is -0.348 e. The number of likely N-dealkylation sites (tertiary alicyclic amines) is 2. The van der Waals surface area contributed by atoms with Gasteiger partial charge in [0.05, 0.1) is 6.54 Å². The van der Waals surface area contributed by atoms with E-state index in [9.17, 15) is 9.59 Å². The highest BCUT2D eigenvalue weighted by molar-refractivity contribution is 5.77. The Hall–Kier alpha value is -1.14. The molecule has 0 saturated carbocycles. The van der Waals surface area contributed by atoms with Gasteiger partial charge in [0.2, 0.25) is 11.8 Å². The van der Waals surface area contributed by atoms with Crippen molar-refractivity contribution in [2.24, 2.45) is 0 Å². The SMILES string of the molecule is CN(C)C(=O)CN1CCC(NC2CCC(=O)N(C)C2)CC1. The lowest BCUT2D eigenvalue weighted by Gasteiger charge is -2.37. The summed E-state index contributed by atoms with van der Waals surface area (Å²) in [7, 11) is 5.49. The first kappa shape index (κ1) is 16.2. The number of hydrogen-bond donors (Lipinski definition) is 1. The zero-order chi connectivity index (χ0) is 15.4. The summed E-state index contributed by atoms with van der Waals surface area (Å²) in [5.41, 5.74) is 0. The Balaban J connectivity index is 1.69. The number of nitrogens with zero attached hydrogens (tertiary/aromatic N) is 3. The van der Waals surface area contributed by atoms with Crippen molar-refractivity contribution >= 4 is 11.8 Å². The van der Waals surface area contributed by atoms with E-state index in [2.05, 4.69) is 10.2 Å². The van der Waals surface area contributed by atoms with Gasteiger partial charge in [0.1, 0.15) is 0 Å². The number of carbonyl (C=O) groups excluding carboxylic acids is 2. The average molecular weight is 296 g/mol. The maximum atomic E-state index is 11.7. The van der Waals surface area contributed by atoms with Crippen LogP contribution in [0, 0.1) is 0 Å². The third-order valence-corrected chi connectivity index (χ3v) is 4.54. The smallest absolute Gasteiger partial charge is 0.236 e. The van der Waals surface area contributed by atoms with Crippen molar-refractivity contribution in [1.29, 1.82) is 0 Å². The lowest BCUT2D eigenvalue weighted by atomic mass is 10.00. The van der Waals surface area contributed by atoms with E-state index in [4.69, 9.17) is 0 Å². The average Bonchev–Trinajstić information content (AvgIpc) is 2.45. The van der Waals surface area contributed by atoms with Crippen LogP contribution in [0.25, 0.3) is 0 Å². The predicted octanol–water partition coefficient (Wildman–Crippen LogP) is -0.251. The van der Waals surface area contributed by atoms with Crippen molar-refractivity contribution in [1.82, 2.24) is 20.0 Å². The molecule has 2 aliphatic rings. The third kappa shape index (κ3) is 4.68. The quantitative estimate of drug-likeness (QED) is 0.777. The Labute approximate surface area is 127 Å². The summed E-state index contributed by atoms with van der Waals surface area (Å²) in [4.78, 5) is 28.9. The van der Waals surface area contributed by atoms with Gasteiger partial charge in [0, 0.05) is 59.3 Å². The van der Waals surface area contributed by atoms with Gasteiger partial charge >= 0.3 is 0 Å². The fourth-order valence-corrected chi connectivity index (χ4v) is 3.07. The standard InChI is InChI=1S/C15H28N4O2/c1-17(2)15(21)11-19-8-6-12(7-9-19)16-13-4-5-14(20)18(3)10-13/h12-13,16H,4-11H2,1-3H3. The molecule has 2 aliphatic heterocycles. The van der Waals surface area contributed by atoms with Crippen LogP contribution in [0.15, 0.2) is 0 Å². The number of amides is 2. The molecule has 21 heavy (non-hydrogen) atoms. The number of hydrogen-bond acceptors (Lipinski definition) is 4. The van der Waals surface area contributed by atoms with Crippen molar-refractivity contribution in [2.45, 2.75) is 37.8 Å². The van der Waals surface area contributed by atoms with Crippen molar-refractivity contribution in [3.63, 3.8) is 0 Å². The maximum Gasteiger partial charge on any atom is 0.236 e. The van der Waals surface area contributed by atoms with Gasteiger partial charge in [-0.15, -0.1) is 0 Å². The second kappa shape index (κ2) is 7.22. The van der Waals surface area contributed by atoms with Gasteiger partial charge in [-0.05, 0) is 19.3 Å². The Morgan fingerprint density at radius 2 is 1.90 bits per heavy atom. The number of likely N-dealkylation sites (N-methyl/N-ethyl adjacent to an activating group) is 2. The van der Waals surface area contributed by atoms with Crippen LogP contribution in [-0.2, 0) is 9.59 Å². The Morgan fingerprint density at radius 1 is 1.24 bits per heavy atom. The molecule has 0 radical (unpaired) electrons. The highest BCUT2D eigenvalue weighted by atomic mass is 16.2. The topological polar surface area (TPSA) is 55.9 Å². The maximum absolute atomic E-state index is 11.7. The predicted molar refractivity (Wildman–Crippen MR) is 82.0 cm³/mol. The third-order valence-electron chi connectivity index (χ3n) is 4.54. The summed E-state index contributed by atoms with van der Waals surface area (Å²) in [5, 5.41) is 3.69. The molecule has 1 unspecified atom stereocenters. The molecule has 2 heterocycles. The van der Waals surface area contributed by atoms with E-state index < -0.39 is 0 Å². The number of nitrogens with one attached hydrogen (secondary N) is 1. The first-order chi connectivity index (χ1) is 9.95. The highest BCUT2D eigenvalue weighted by Crippen LogP contribution is 2.15. The molecule has 2 amide bonds. The molecule has 120 valence electrons. The monoisotopic (exact) mass is 296 g/mol. The largest absolute Gasteiger partial charge is 0.348 e. The van der Waals surface area contributed by atoms with E-state index >= 15 is 0 Å². The molecule has 0 aliphatic carbocycles. The van der Waals surface area contributed by atoms with Crippen LogP contribution in [0.2, 0.25) is 0 Å². The Bertz CT molecular complexity index is 378. The fraction of sp³-hybridized carbons (Fsp3) is 0.867. The fourth-order valence-electron chi connectivity index (χ4n) is 3.07. The molecule has 0 bridgehead atoms. The molecule has 1 N–H and O–H groups in total. The highest BCUT2D eigenvalue weighted by Gasteiger charge is 2.27. The second-order valence-corrected chi connectivity index (χ2v) is 6.52. The van der Waals surface area contributed by atoms with Crippen LogP contribution in [-0.4, -0.2) is 85.9 Å². The summed E-state index contributed by atoms with van der Waals surface area (Å²) in [6.45, 7) is 3.29. The van der Waals surface area contributed by atoms with Gasteiger partial charge in [-0.3, -0.25) is 14.5 Å². The van der Waals surface area contributed by atoms with Crippen molar-refractivity contribution in [3.8, 4) is 0 Å². The van der Waals surface area contributed by atoms with Crippen molar-refractivity contribution in [2.75, 3.05) is 47.3 Å². The molecule has 0 aromatic carbocycles. The zero-order valence-corrected chi connectivity index (χ0v) is 13.5. The molecule has 2 rings (SSSR count). The minimum atomic E-state index is 0.175. The molecule has 1 atom stereocenters. The van der Waals surface area contributed by atoms with E-state index in [1.165, 1.54) is 0 Å². The lowest BCUT2D eigenvalue weighted by molar-refractivity contribution is -0.132. The van der Waals surface area contributed by atoms with Crippen LogP contribution >= 0.6 is 0 Å². The first-order valence-corrected chi connectivity index (χ1v) is 7.88. The molecular formula is C15H28N4O2. The van der Waals surface area contributed by atoms with Crippen LogP contribution in [0.3, 0.4) is 0 Å². The van der Waals surface area contributed by atoms with Gasteiger partial charge in [0.15, 0.2) is 0 Å². The normalized spacial score (nSPS) is 25.2. The molecule has 2 fully saturated rings.